The first kappa shape index (κ1) is 18.3. The fourth-order valence-electron chi connectivity index (χ4n) is 2.24. The van der Waals surface area contributed by atoms with Crippen LogP contribution in [0.3, 0.4) is 0 Å². The van der Waals surface area contributed by atoms with Gasteiger partial charge in [-0.1, -0.05) is 6.92 Å². The maximum Gasteiger partial charge on any atom is 0.356 e. The van der Waals surface area contributed by atoms with Gasteiger partial charge in [0.25, 0.3) is 5.69 Å². The number of benzene rings is 1. The molecule has 1 N–H and O–H groups in total. The third-order valence-corrected chi connectivity index (χ3v) is 3.43. The van der Waals surface area contributed by atoms with Crippen LogP contribution in [-0.4, -0.2) is 25.4 Å². The molecule has 0 radical (unpaired) electrons. The van der Waals surface area contributed by atoms with Gasteiger partial charge in [0.05, 0.1) is 16.7 Å². The van der Waals surface area contributed by atoms with Gasteiger partial charge in [0.2, 0.25) is 0 Å². The molecule has 25 heavy (non-hydrogen) atoms. The Labute approximate surface area is 138 Å². The average molecular weight is 361 g/mol. The number of halogens is 3. The highest BCUT2D eigenvalue weighted by Gasteiger charge is 2.25. The highest BCUT2D eigenvalue weighted by molar-refractivity contribution is 5.66. The largest absolute Gasteiger partial charge is 0.379 e. The van der Waals surface area contributed by atoms with Crippen LogP contribution >= 0.6 is 0 Å². The van der Waals surface area contributed by atoms with Gasteiger partial charge in [-0.15, -0.1) is 0 Å². The molecule has 0 aliphatic rings. The molecule has 1 aromatic carbocycles. The summed E-state index contributed by atoms with van der Waals surface area (Å²) in [4.78, 5) is 34.3. The summed E-state index contributed by atoms with van der Waals surface area (Å²) in [7, 11) is 0.923. The van der Waals surface area contributed by atoms with Crippen molar-refractivity contribution in [2.75, 3.05) is 11.9 Å². The number of nitrogens with one attached hydrogen (secondary N) is 1. The lowest BCUT2D eigenvalue weighted by Crippen LogP contribution is -2.28. The second-order valence-corrected chi connectivity index (χ2v) is 5.05. The van der Waals surface area contributed by atoms with Crippen molar-refractivity contribution in [2.45, 2.75) is 19.9 Å². The molecule has 0 fully saturated rings. The van der Waals surface area contributed by atoms with Gasteiger partial charge in [0, 0.05) is 13.6 Å². The van der Waals surface area contributed by atoms with Gasteiger partial charge in [0.1, 0.15) is 5.69 Å². The molecule has 0 unspecified atom stereocenters. The van der Waals surface area contributed by atoms with Crippen molar-refractivity contribution in [1.82, 2.24) is 13.9 Å². The Balaban J connectivity index is 2.77. The first-order valence-electron chi connectivity index (χ1n) is 7.11. The van der Waals surface area contributed by atoms with Crippen molar-refractivity contribution in [1.29, 1.82) is 0 Å². The van der Waals surface area contributed by atoms with E-state index in [4.69, 9.17) is 0 Å². The van der Waals surface area contributed by atoms with E-state index < -0.39 is 40.0 Å². The second kappa shape index (κ2) is 6.83. The van der Waals surface area contributed by atoms with Gasteiger partial charge in [0.15, 0.2) is 5.82 Å². The molecule has 0 spiro atoms. The zero-order valence-electron chi connectivity index (χ0n) is 13.2. The third-order valence-electron chi connectivity index (χ3n) is 3.43. The smallest absolute Gasteiger partial charge is 0.356 e. The zero-order valence-corrected chi connectivity index (χ0v) is 13.2. The van der Waals surface area contributed by atoms with Crippen molar-refractivity contribution >= 4 is 11.4 Å². The summed E-state index contributed by atoms with van der Waals surface area (Å²) in [5, 5.41) is 13.7. The summed E-state index contributed by atoms with van der Waals surface area (Å²) in [6.45, 7) is -1.23. The lowest BCUT2D eigenvalue weighted by molar-refractivity contribution is -0.384. The minimum absolute atomic E-state index is 0.137. The molecule has 0 aliphatic heterocycles. The first-order chi connectivity index (χ1) is 11.7. The number of aromatic nitrogens is 3. The topological polar surface area (TPSA) is 104 Å². The lowest BCUT2D eigenvalue weighted by atomic mass is 10.2. The highest BCUT2D eigenvalue weighted by atomic mass is 19.3. The van der Waals surface area contributed by atoms with Crippen LogP contribution in [0.5, 0.6) is 0 Å². The van der Waals surface area contributed by atoms with Crippen molar-refractivity contribution in [2.24, 2.45) is 7.05 Å². The molecule has 0 saturated heterocycles. The Hall–Kier alpha value is -3.05. The second-order valence-electron chi connectivity index (χ2n) is 5.05. The molecular weight excluding hydrogens is 347 g/mol. The molecule has 1 aromatic heterocycles. The highest BCUT2D eigenvalue weighted by Crippen LogP contribution is 2.29. The molecule has 9 nitrogen and oxygen atoms in total. The van der Waals surface area contributed by atoms with E-state index >= 15 is 0 Å². The number of nitrogens with zero attached hydrogens (tertiary/aromatic N) is 4. The number of rotatable bonds is 6. The minimum atomic E-state index is -3.31. The molecule has 12 heteroatoms. The standard InChI is InChI=1S/C13H14F3N5O4/c1-3-4-17-8-6-9(7(14)5-10(8)21(24)25)19-12(22)18(2)20(11(15)16)13(19)23/h5-6,11,17H,3-4H2,1-2H3. The zero-order chi connectivity index (χ0) is 18.9. The van der Waals surface area contributed by atoms with Crippen molar-refractivity contribution in [3.05, 3.63) is 49.0 Å². The molecule has 136 valence electrons. The van der Waals surface area contributed by atoms with E-state index in [2.05, 4.69) is 5.32 Å². The molecule has 1 heterocycles. The fourth-order valence-corrected chi connectivity index (χ4v) is 2.24. The molecule has 0 saturated carbocycles. The predicted octanol–water partition coefficient (Wildman–Crippen LogP) is 1.60. The number of alkyl halides is 2. The summed E-state index contributed by atoms with van der Waals surface area (Å²) in [6, 6.07) is 1.40. The van der Waals surface area contributed by atoms with Crippen LogP contribution in [-0.2, 0) is 7.05 Å². The van der Waals surface area contributed by atoms with E-state index in [9.17, 15) is 32.9 Å². The Bertz CT molecular complexity index is 931. The molecular formula is C13H14F3N5O4. The van der Waals surface area contributed by atoms with E-state index in [1.807, 2.05) is 0 Å². The maximum atomic E-state index is 14.3. The van der Waals surface area contributed by atoms with E-state index in [1.165, 1.54) is 0 Å². The number of nitro benzene ring substituents is 1. The Morgan fingerprint density at radius 2 is 1.92 bits per heavy atom. The van der Waals surface area contributed by atoms with Crippen LogP contribution < -0.4 is 16.7 Å². The van der Waals surface area contributed by atoms with Crippen LogP contribution in [0.25, 0.3) is 5.69 Å². The Kier molecular flexibility index (Phi) is 4.99. The molecule has 2 rings (SSSR count). The van der Waals surface area contributed by atoms with Crippen molar-refractivity contribution < 1.29 is 18.1 Å². The number of hydrogen-bond acceptors (Lipinski definition) is 5. The van der Waals surface area contributed by atoms with Crippen LogP contribution in [0.2, 0.25) is 0 Å². The average Bonchev–Trinajstić information content (AvgIpc) is 2.75. The van der Waals surface area contributed by atoms with Gasteiger partial charge < -0.3 is 5.32 Å². The Morgan fingerprint density at radius 1 is 1.28 bits per heavy atom. The van der Waals surface area contributed by atoms with Gasteiger partial charge in [-0.2, -0.15) is 13.5 Å². The van der Waals surface area contributed by atoms with Crippen LogP contribution in [0.1, 0.15) is 19.9 Å². The summed E-state index contributed by atoms with van der Waals surface area (Å²) < 4.78 is 40.5. The van der Waals surface area contributed by atoms with Crippen LogP contribution in [0, 0.1) is 15.9 Å². The summed E-state index contributed by atoms with van der Waals surface area (Å²) in [5.74, 6) is -1.26. The predicted molar refractivity (Wildman–Crippen MR) is 81.9 cm³/mol. The molecule has 0 bridgehead atoms. The van der Waals surface area contributed by atoms with E-state index in [0.717, 1.165) is 13.1 Å². The van der Waals surface area contributed by atoms with E-state index in [0.29, 0.717) is 23.7 Å². The van der Waals surface area contributed by atoms with E-state index in [1.54, 1.807) is 6.92 Å². The summed E-state index contributed by atoms with van der Waals surface area (Å²) in [5.41, 5.74) is -4.07. The van der Waals surface area contributed by atoms with Crippen LogP contribution in [0.15, 0.2) is 21.7 Å². The third kappa shape index (κ3) is 3.14. The normalized spacial score (nSPS) is 11.1. The van der Waals surface area contributed by atoms with Crippen molar-refractivity contribution in [3.8, 4) is 5.69 Å². The van der Waals surface area contributed by atoms with Gasteiger partial charge in [-0.3, -0.25) is 10.1 Å². The lowest BCUT2D eigenvalue weighted by Gasteiger charge is -2.09. The number of anilines is 1. The number of hydrogen-bond donors (Lipinski definition) is 1. The minimum Gasteiger partial charge on any atom is -0.379 e. The molecule has 0 amide bonds. The number of nitro groups is 1. The quantitative estimate of drug-likeness (QED) is 0.622. The monoisotopic (exact) mass is 361 g/mol. The Morgan fingerprint density at radius 3 is 2.40 bits per heavy atom. The fraction of sp³-hybridized carbons (Fsp3) is 0.385. The molecule has 0 atom stereocenters. The van der Waals surface area contributed by atoms with Gasteiger partial charge in [-0.05, 0) is 12.5 Å². The maximum absolute atomic E-state index is 14.3. The SMILES string of the molecule is CCCNc1cc(-n2c(=O)n(C)n(C(F)F)c2=O)c(F)cc1[N+](=O)[O-]. The van der Waals surface area contributed by atoms with E-state index in [-0.39, 0.29) is 14.9 Å². The van der Waals surface area contributed by atoms with Gasteiger partial charge in [-0.25, -0.2) is 23.2 Å². The first-order valence-corrected chi connectivity index (χ1v) is 7.11. The van der Waals surface area contributed by atoms with Gasteiger partial charge >= 0.3 is 17.9 Å². The summed E-state index contributed by atoms with van der Waals surface area (Å²) in [6.07, 6.45) is 0.591. The summed E-state index contributed by atoms with van der Waals surface area (Å²) >= 11 is 0. The van der Waals surface area contributed by atoms with Crippen molar-refractivity contribution in [3.63, 3.8) is 0 Å². The molecule has 0 aliphatic carbocycles. The van der Waals surface area contributed by atoms with Crippen LogP contribution in [0.4, 0.5) is 24.5 Å². The molecule has 2 aromatic rings.